The molecular formula is C15H11F2N3O3S. The van der Waals surface area contributed by atoms with Gasteiger partial charge in [-0.05, 0) is 30.3 Å². The first-order chi connectivity index (χ1) is 11.5. The van der Waals surface area contributed by atoms with Crippen molar-refractivity contribution in [2.75, 3.05) is 11.9 Å². The summed E-state index contributed by atoms with van der Waals surface area (Å²) in [6.45, 7) is 1.45. The number of carbonyl (C=O) groups is 1. The maximum absolute atomic E-state index is 13.2. The second-order valence-electron chi connectivity index (χ2n) is 4.78. The van der Waals surface area contributed by atoms with E-state index in [0.29, 0.717) is 22.1 Å². The van der Waals surface area contributed by atoms with E-state index in [-0.39, 0.29) is 12.5 Å². The van der Waals surface area contributed by atoms with Crippen LogP contribution in [0.4, 0.5) is 13.9 Å². The van der Waals surface area contributed by atoms with E-state index in [1.807, 2.05) is 0 Å². The normalized spacial score (nSPS) is 10.6. The van der Waals surface area contributed by atoms with Crippen molar-refractivity contribution in [1.82, 2.24) is 10.1 Å². The van der Waals surface area contributed by atoms with Gasteiger partial charge in [-0.25, -0.2) is 13.8 Å². The lowest BCUT2D eigenvalue weighted by molar-refractivity contribution is -0.118. The Balaban J connectivity index is 1.60. The molecule has 0 fully saturated rings. The van der Waals surface area contributed by atoms with Crippen LogP contribution in [-0.2, 0) is 4.79 Å². The highest BCUT2D eigenvalue weighted by Gasteiger charge is 2.11. The maximum atomic E-state index is 13.2. The molecule has 24 heavy (non-hydrogen) atoms. The average Bonchev–Trinajstić information content (AvgIpc) is 3.17. The number of hydrogen-bond donors (Lipinski definition) is 1. The minimum atomic E-state index is -0.956. The molecule has 3 aromatic rings. The highest BCUT2D eigenvalue weighted by atomic mass is 32.1. The molecule has 124 valence electrons. The first-order valence-corrected chi connectivity index (χ1v) is 7.66. The van der Waals surface area contributed by atoms with Gasteiger partial charge in [-0.2, -0.15) is 0 Å². The number of aromatic nitrogens is 2. The number of halogens is 2. The number of amides is 1. The first kappa shape index (κ1) is 16.1. The predicted molar refractivity (Wildman–Crippen MR) is 82.8 cm³/mol. The van der Waals surface area contributed by atoms with Crippen LogP contribution in [0.1, 0.15) is 5.76 Å². The summed E-state index contributed by atoms with van der Waals surface area (Å²) in [4.78, 5) is 16.0. The number of carbonyl (C=O) groups excluding carboxylic acids is 1. The second kappa shape index (κ2) is 6.75. The van der Waals surface area contributed by atoms with Gasteiger partial charge >= 0.3 is 0 Å². The minimum absolute atomic E-state index is 0.212. The molecule has 1 aromatic carbocycles. The Bertz CT molecular complexity index is 878. The number of nitrogens with zero attached hydrogens (tertiary/aromatic N) is 2. The van der Waals surface area contributed by atoms with Crippen LogP contribution >= 0.6 is 11.3 Å². The summed E-state index contributed by atoms with van der Waals surface area (Å²) in [5.74, 6) is -1.53. The molecule has 0 atom stereocenters. The van der Waals surface area contributed by atoms with Gasteiger partial charge in [0.05, 0.1) is 5.69 Å². The predicted octanol–water partition coefficient (Wildman–Crippen LogP) is 3.40. The van der Waals surface area contributed by atoms with Crippen LogP contribution in [-0.4, -0.2) is 22.7 Å². The molecule has 2 aromatic heterocycles. The lowest BCUT2D eigenvalue weighted by Gasteiger charge is -2.02. The smallest absolute Gasteiger partial charge is 0.264 e. The van der Waals surface area contributed by atoms with Gasteiger partial charge in [0, 0.05) is 17.0 Å². The molecule has 0 spiro atoms. The summed E-state index contributed by atoms with van der Waals surface area (Å²) < 4.78 is 36.1. The van der Waals surface area contributed by atoms with E-state index in [2.05, 4.69) is 15.5 Å². The van der Waals surface area contributed by atoms with Gasteiger partial charge < -0.3 is 9.26 Å². The Morgan fingerprint density at radius 3 is 2.88 bits per heavy atom. The fourth-order valence-electron chi connectivity index (χ4n) is 1.83. The number of rotatable bonds is 5. The zero-order valence-corrected chi connectivity index (χ0v) is 13.2. The summed E-state index contributed by atoms with van der Waals surface area (Å²) in [6.07, 6.45) is 0. The molecule has 0 bridgehead atoms. The van der Waals surface area contributed by atoms with Crippen molar-refractivity contribution in [3.8, 4) is 17.1 Å². The molecule has 0 unspecified atom stereocenters. The Hall–Kier alpha value is -2.81. The van der Waals surface area contributed by atoms with Gasteiger partial charge in [-0.15, -0.1) is 11.3 Å². The van der Waals surface area contributed by atoms with Crippen LogP contribution in [0.5, 0.6) is 5.88 Å². The number of thiazole rings is 1. The SMILES string of the molecule is Cc1cc(OCC(=O)Nc2nc(-c3ccc(F)c(F)c3)cs2)no1. The third-order valence-electron chi connectivity index (χ3n) is 2.92. The van der Waals surface area contributed by atoms with Crippen molar-refractivity contribution < 1.29 is 22.8 Å². The van der Waals surface area contributed by atoms with E-state index in [1.165, 1.54) is 6.07 Å². The van der Waals surface area contributed by atoms with Crippen LogP contribution < -0.4 is 10.1 Å². The molecule has 0 saturated heterocycles. The van der Waals surface area contributed by atoms with E-state index >= 15 is 0 Å². The van der Waals surface area contributed by atoms with Gasteiger partial charge in [-0.1, -0.05) is 0 Å². The van der Waals surface area contributed by atoms with Crippen molar-refractivity contribution in [1.29, 1.82) is 0 Å². The Labute approximate surface area is 139 Å². The summed E-state index contributed by atoms with van der Waals surface area (Å²) in [5, 5.41) is 8.10. The van der Waals surface area contributed by atoms with Gasteiger partial charge in [0.15, 0.2) is 23.4 Å². The number of aryl methyl sites for hydroxylation is 1. The number of hydrogen-bond acceptors (Lipinski definition) is 6. The van der Waals surface area contributed by atoms with Crippen molar-refractivity contribution >= 4 is 22.4 Å². The van der Waals surface area contributed by atoms with Crippen molar-refractivity contribution in [3.05, 3.63) is 47.0 Å². The van der Waals surface area contributed by atoms with Crippen molar-refractivity contribution in [3.63, 3.8) is 0 Å². The monoisotopic (exact) mass is 351 g/mol. The van der Waals surface area contributed by atoms with E-state index < -0.39 is 17.5 Å². The summed E-state index contributed by atoms with van der Waals surface area (Å²) in [5.41, 5.74) is 0.849. The van der Waals surface area contributed by atoms with Crippen LogP contribution in [0.2, 0.25) is 0 Å². The third kappa shape index (κ3) is 3.74. The highest BCUT2D eigenvalue weighted by molar-refractivity contribution is 7.14. The number of benzene rings is 1. The Morgan fingerprint density at radius 2 is 2.17 bits per heavy atom. The van der Waals surface area contributed by atoms with Crippen LogP contribution in [0.25, 0.3) is 11.3 Å². The Kier molecular flexibility index (Phi) is 4.52. The maximum Gasteiger partial charge on any atom is 0.264 e. The zero-order valence-electron chi connectivity index (χ0n) is 12.4. The fourth-order valence-corrected chi connectivity index (χ4v) is 2.56. The van der Waals surface area contributed by atoms with Gasteiger partial charge in [-0.3, -0.25) is 10.1 Å². The average molecular weight is 351 g/mol. The van der Waals surface area contributed by atoms with Crippen LogP contribution in [0.15, 0.2) is 34.2 Å². The van der Waals surface area contributed by atoms with Gasteiger partial charge in [0.2, 0.25) is 0 Å². The molecule has 1 N–H and O–H groups in total. The lowest BCUT2D eigenvalue weighted by Crippen LogP contribution is -2.20. The largest absolute Gasteiger partial charge is 0.465 e. The molecule has 0 aliphatic rings. The summed E-state index contributed by atoms with van der Waals surface area (Å²) in [7, 11) is 0. The standard InChI is InChI=1S/C15H11F2N3O3S/c1-8-4-14(20-23-8)22-6-13(21)19-15-18-12(7-24-15)9-2-3-10(16)11(17)5-9/h2-5,7H,6H2,1H3,(H,18,19,21). The zero-order chi connectivity index (χ0) is 17.1. The summed E-state index contributed by atoms with van der Waals surface area (Å²) in [6, 6.07) is 5.04. The number of ether oxygens (including phenoxy) is 1. The second-order valence-corrected chi connectivity index (χ2v) is 5.64. The molecule has 1 amide bonds. The topological polar surface area (TPSA) is 77.2 Å². The molecule has 2 heterocycles. The third-order valence-corrected chi connectivity index (χ3v) is 3.68. The number of anilines is 1. The van der Waals surface area contributed by atoms with Crippen molar-refractivity contribution in [2.24, 2.45) is 0 Å². The lowest BCUT2D eigenvalue weighted by atomic mass is 10.2. The molecular weight excluding hydrogens is 340 g/mol. The summed E-state index contributed by atoms with van der Waals surface area (Å²) >= 11 is 1.16. The first-order valence-electron chi connectivity index (χ1n) is 6.78. The quantitative estimate of drug-likeness (QED) is 0.762. The number of nitrogens with one attached hydrogen (secondary N) is 1. The van der Waals surface area contributed by atoms with Gasteiger partial charge in [0.1, 0.15) is 5.76 Å². The molecule has 6 nitrogen and oxygen atoms in total. The fraction of sp³-hybridized carbons (Fsp3) is 0.133. The van der Waals surface area contributed by atoms with Crippen LogP contribution in [0.3, 0.4) is 0 Å². The van der Waals surface area contributed by atoms with E-state index in [9.17, 15) is 13.6 Å². The van der Waals surface area contributed by atoms with E-state index in [4.69, 9.17) is 9.26 Å². The molecule has 9 heteroatoms. The molecule has 0 aliphatic carbocycles. The minimum Gasteiger partial charge on any atom is -0.465 e. The van der Waals surface area contributed by atoms with Gasteiger partial charge in [0.25, 0.3) is 11.8 Å². The molecule has 0 aliphatic heterocycles. The van der Waals surface area contributed by atoms with E-state index in [1.54, 1.807) is 18.4 Å². The molecule has 3 rings (SSSR count). The van der Waals surface area contributed by atoms with Crippen molar-refractivity contribution in [2.45, 2.75) is 6.92 Å². The highest BCUT2D eigenvalue weighted by Crippen LogP contribution is 2.26. The van der Waals surface area contributed by atoms with E-state index in [0.717, 1.165) is 23.5 Å². The molecule has 0 radical (unpaired) electrons. The molecule has 0 saturated carbocycles. The van der Waals surface area contributed by atoms with Crippen LogP contribution in [0, 0.1) is 18.6 Å². The Morgan fingerprint density at radius 1 is 1.33 bits per heavy atom.